The van der Waals surface area contributed by atoms with Crippen LogP contribution >= 0.6 is 0 Å². The van der Waals surface area contributed by atoms with Gasteiger partial charge in [-0.1, -0.05) is 12.5 Å². The van der Waals surface area contributed by atoms with Crippen LogP contribution in [0.5, 0.6) is 0 Å². The molecule has 0 atom stereocenters. The lowest BCUT2D eigenvalue weighted by Crippen LogP contribution is -2.48. The van der Waals surface area contributed by atoms with E-state index in [1.165, 1.54) is 0 Å². The van der Waals surface area contributed by atoms with Gasteiger partial charge in [0.2, 0.25) is 0 Å². The molecule has 0 bridgehead atoms. The van der Waals surface area contributed by atoms with E-state index in [2.05, 4.69) is 0 Å². The summed E-state index contributed by atoms with van der Waals surface area (Å²) in [5.74, 6) is 0. The average molecular weight is 254 g/mol. The van der Waals surface area contributed by atoms with Crippen molar-refractivity contribution < 1.29 is 13.5 Å². The zero-order valence-corrected chi connectivity index (χ0v) is 11.0. The van der Waals surface area contributed by atoms with Crippen molar-refractivity contribution in [2.45, 2.75) is 42.8 Å². The molecule has 0 amide bonds. The minimum atomic E-state index is -3.40. The molecule has 1 aliphatic rings. The van der Waals surface area contributed by atoms with Crippen molar-refractivity contribution >= 4 is 9.84 Å². The summed E-state index contributed by atoms with van der Waals surface area (Å²) < 4.78 is 24.0. The molecule has 0 saturated heterocycles. The molecule has 0 aromatic heterocycles. The molecular weight excluding hydrogens is 236 g/mol. The predicted molar refractivity (Wildman–Crippen MR) is 66.8 cm³/mol. The average Bonchev–Trinajstić information content (AvgIpc) is 2.20. The predicted octanol–water partition coefficient (Wildman–Crippen LogP) is 1.99. The van der Waals surface area contributed by atoms with Gasteiger partial charge < -0.3 is 5.11 Å². The van der Waals surface area contributed by atoms with Gasteiger partial charge in [0.1, 0.15) is 0 Å². The zero-order valence-electron chi connectivity index (χ0n) is 10.2. The standard InChI is InChI=1S/C13H18O3S/c1-10-4-5-12(8-11(10)2)17(15,16)13(9-14)6-3-7-13/h4-5,8,14H,3,6-7,9H2,1-2H3. The van der Waals surface area contributed by atoms with Gasteiger partial charge in [0, 0.05) is 0 Å². The zero-order chi connectivity index (χ0) is 12.7. The van der Waals surface area contributed by atoms with E-state index in [1.807, 2.05) is 19.9 Å². The van der Waals surface area contributed by atoms with Crippen LogP contribution in [0.1, 0.15) is 30.4 Å². The number of aliphatic hydroxyl groups is 1. The summed E-state index contributed by atoms with van der Waals surface area (Å²) in [6.45, 7) is 3.58. The normalized spacial score (nSPS) is 18.8. The van der Waals surface area contributed by atoms with Crippen molar-refractivity contribution in [2.24, 2.45) is 0 Å². The van der Waals surface area contributed by atoms with E-state index in [0.717, 1.165) is 17.5 Å². The largest absolute Gasteiger partial charge is 0.395 e. The topological polar surface area (TPSA) is 54.4 Å². The van der Waals surface area contributed by atoms with Gasteiger partial charge in [-0.05, 0) is 49.9 Å². The maximum Gasteiger partial charge on any atom is 0.186 e. The number of aryl methyl sites for hydroxylation is 2. The molecule has 0 heterocycles. The van der Waals surface area contributed by atoms with Gasteiger partial charge in [-0.2, -0.15) is 0 Å². The van der Waals surface area contributed by atoms with Crippen LogP contribution in [0.4, 0.5) is 0 Å². The Morgan fingerprint density at radius 1 is 1.24 bits per heavy atom. The molecule has 1 fully saturated rings. The third-order valence-electron chi connectivity index (χ3n) is 3.91. The fourth-order valence-electron chi connectivity index (χ4n) is 2.21. The SMILES string of the molecule is Cc1ccc(S(=O)(=O)C2(CO)CCC2)cc1C. The summed E-state index contributed by atoms with van der Waals surface area (Å²) >= 11 is 0. The minimum absolute atomic E-state index is 0.276. The number of sulfone groups is 1. The molecule has 0 aliphatic heterocycles. The Labute approximate surface area is 102 Å². The third-order valence-corrected chi connectivity index (χ3v) is 6.46. The van der Waals surface area contributed by atoms with E-state index in [0.29, 0.717) is 17.7 Å². The number of aliphatic hydroxyl groups excluding tert-OH is 1. The molecular formula is C13H18O3S. The first-order chi connectivity index (χ1) is 7.93. The highest BCUT2D eigenvalue weighted by molar-refractivity contribution is 7.93. The van der Waals surface area contributed by atoms with Crippen LogP contribution in [-0.4, -0.2) is 24.9 Å². The van der Waals surface area contributed by atoms with Crippen LogP contribution in [0.2, 0.25) is 0 Å². The Morgan fingerprint density at radius 3 is 2.29 bits per heavy atom. The molecule has 1 aliphatic carbocycles. The van der Waals surface area contributed by atoms with Gasteiger partial charge in [0.05, 0.1) is 16.2 Å². The molecule has 0 radical (unpaired) electrons. The van der Waals surface area contributed by atoms with Crippen molar-refractivity contribution in [3.05, 3.63) is 29.3 Å². The second-order valence-electron chi connectivity index (χ2n) is 4.94. The van der Waals surface area contributed by atoms with E-state index in [-0.39, 0.29) is 6.61 Å². The Kier molecular flexibility index (Phi) is 3.04. The molecule has 1 aromatic rings. The molecule has 1 saturated carbocycles. The van der Waals surface area contributed by atoms with E-state index in [1.54, 1.807) is 12.1 Å². The summed E-state index contributed by atoms with van der Waals surface area (Å²) in [4.78, 5) is 0.342. The number of benzene rings is 1. The van der Waals surface area contributed by atoms with Crippen molar-refractivity contribution in [3.8, 4) is 0 Å². The summed E-state index contributed by atoms with van der Waals surface area (Å²) in [5.41, 5.74) is 2.05. The maximum absolute atomic E-state index is 12.5. The van der Waals surface area contributed by atoms with Crippen molar-refractivity contribution in [3.63, 3.8) is 0 Å². The molecule has 4 heteroatoms. The monoisotopic (exact) mass is 254 g/mol. The first kappa shape index (κ1) is 12.6. The van der Waals surface area contributed by atoms with Gasteiger partial charge in [-0.25, -0.2) is 8.42 Å². The Morgan fingerprint density at radius 2 is 1.88 bits per heavy atom. The quantitative estimate of drug-likeness (QED) is 0.897. The van der Waals surface area contributed by atoms with Crippen LogP contribution in [0, 0.1) is 13.8 Å². The summed E-state index contributed by atoms with van der Waals surface area (Å²) in [5, 5.41) is 9.38. The van der Waals surface area contributed by atoms with Crippen molar-refractivity contribution in [1.29, 1.82) is 0 Å². The fourth-order valence-corrected chi connectivity index (χ4v) is 4.29. The van der Waals surface area contributed by atoms with Crippen molar-refractivity contribution in [1.82, 2.24) is 0 Å². The summed E-state index contributed by atoms with van der Waals surface area (Å²) in [6.07, 6.45) is 2.02. The Hall–Kier alpha value is -0.870. The maximum atomic E-state index is 12.5. The molecule has 0 spiro atoms. The molecule has 3 nitrogen and oxygen atoms in total. The first-order valence-corrected chi connectivity index (χ1v) is 7.34. The van der Waals surface area contributed by atoms with Crippen molar-refractivity contribution in [2.75, 3.05) is 6.61 Å². The highest BCUT2D eigenvalue weighted by Crippen LogP contribution is 2.42. The smallest absolute Gasteiger partial charge is 0.186 e. The fraction of sp³-hybridized carbons (Fsp3) is 0.538. The molecule has 0 unspecified atom stereocenters. The van der Waals surface area contributed by atoms with Crippen LogP contribution in [-0.2, 0) is 9.84 Å². The van der Waals surface area contributed by atoms with Crippen LogP contribution < -0.4 is 0 Å². The highest BCUT2D eigenvalue weighted by Gasteiger charge is 2.49. The lowest BCUT2D eigenvalue weighted by Gasteiger charge is -2.39. The molecule has 1 aromatic carbocycles. The molecule has 1 N–H and O–H groups in total. The van der Waals surface area contributed by atoms with Crippen LogP contribution in [0.25, 0.3) is 0 Å². The van der Waals surface area contributed by atoms with E-state index in [9.17, 15) is 13.5 Å². The minimum Gasteiger partial charge on any atom is -0.395 e. The lowest BCUT2D eigenvalue weighted by atomic mass is 9.85. The Balaban J connectivity index is 2.48. The van der Waals surface area contributed by atoms with Gasteiger partial charge >= 0.3 is 0 Å². The number of hydrogen-bond donors (Lipinski definition) is 1. The van der Waals surface area contributed by atoms with Crippen LogP contribution in [0.15, 0.2) is 23.1 Å². The molecule has 94 valence electrons. The number of hydrogen-bond acceptors (Lipinski definition) is 3. The van der Waals surface area contributed by atoms with Gasteiger partial charge in [0.15, 0.2) is 9.84 Å². The van der Waals surface area contributed by atoms with Gasteiger partial charge in [-0.15, -0.1) is 0 Å². The molecule has 2 rings (SSSR count). The van der Waals surface area contributed by atoms with E-state index < -0.39 is 14.6 Å². The third kappa shape index (κ3) is 1.79. The number of rotatable bonds is 3. The highest BCUT2D eigenvalue weighted by atomic mass is 32.2. The lowest BCUT2D eigenvalue weighted by molar-refractivity contribution is 0.181. The second kappa shape index (κ2) is 4.10. The van der Waals surface area contributed by atoms with Gasteiger partial charge in [0.25, 0.3) is 0 Å². The summed E-state index contributed by atoms with van der Waals surface area (Å²) in [6, 6.07) is 5.18. The van der Waals surface area contributed by atoms with E-state index in [4.69, 9.17) is 0 Å². The molecule has 17 heavy (non-hydrogen) atoms. The van der Waals surface area contributed by atoms with Gasteiger partial charge in [-0.3, -0.25) is 0 Å². The van der Waals surface area contributed by atoms with E-state index >= 15 is 0 Å². The second-order valence-corrected chi connectivity index (χ2v) is 7.29. The Bertz CT molecular complexity index is 522. The summed E-state index contributed by atoms with van der Waals surface area (Å²) in [7, 11) is -3.40. The van der Waals surface area contributed by atoms with Crippen LogP contribution in [0.3, 0.4) is 0 Å². The first-order valence-electron chi connectivity index (χ1n) is 5.86.